The number of ether oxygens (including phenoxy) is 1. The van der Waals surface area contributed by atoms with Gasteiger partial charge in [0.15, 0.2) is 5.65 Å². The van der Waals surface area contributed by atoms with Gasteiger partial charge in [-0.05, 0) is 46.2 Å². The molecule has 0 atom stereocenters. The second-order valence-electron chi connectivity index (χ2n) is 4.73. The molecule has 0 saturated heterocycles. The Kier molecular flexibility index (Phi) is 3.08. The number of hydrogen-bond donors (Lipinski definition) is 1. The number of methoxy groups -OCH3 is 1. The number of nitrogens with zero attached hydrogens (tertiary/aromatic N) is 3. The van der Waals surface area contributed by atoms with Crippen LogP contribution in [0.4, 0.5) is 0 Å². The SMILES string of the molecule is COc1ncccc1-c1n[nH]c2nccc(-c3ccsc3)c12. The largest absolute Gasteiger partial charge is 0.481 e. The molecule has 1 N–H and O–H groups in total. The number of nitrogens with one attached hydrogen (secondary N) is 1. The fourth-order valence-corrected chi connectivity index (χ4v) is 3.19. The molecule has 0 aliphatic carbocycles. The van der Waals surface area contributed by atoms with Crippen LogP contribution < -0.4 is 4.74 Å². The summed E-state index contributed by atoms with van der Waals surface area (Å²) in [5.74, 6) is 0.552. The Bertz CT molecular complexity index is 930. The molecule has 108 valence electrons. The molecule has 4 aromatic heterocycles. The standard InChI is InChI=1S/C16H12N4OS/c1-21-16-12(3-2-6-18-16)14-13-11(10-5-8-22-9-10)4-7-17-15(13)20-19-14/h2-9H,1H3,(H,17,19,20). The third kappa shape index (κ3) is 1.96. The molecule has 6 heteroatoms. The number of thiophene rings is 1. The predicted molar refractivity (Wildman–Crippen MR) is 87.0 cm³/mol. The quantitative estimate of drug-likeness (QED) is 0.626. The molecule has 0 fully saturated rings. The first-order valence-electron chi connectivity index (χ1n) is 6.73. The van der Waals surface area contributed by atoms with Crippen LogP contribution >= 0.6 is 11.3 Å². The van der Waals surface area contributed by atoms with Gasteiger partial charge in [0.05, 0.1) is 18.1 Å². The summed E-state index contributed by atoms with van der Waals surface area (Å²) < 4.78 is 5.37. The van der Waals surface area contributed by atoms with Crippen molar-refractivity contribution in [1.82, 2.24) is 20.2 Å². The highest BCUT2D eigenvalue weighted by Gasteiger charge is 2.17. The summed E-state index contributed by atoms with van der Waals surface area (Å²) in [5.41, 5.74) is 4.66. The molecule has 0 aliphatic rings. The molecule has 0 saturated carbocycles. The summed E-state index contributed by atoms with van der Waals surface area (Å²) in [6.45, 7) is 0. The maximum Gasteiger partial charge on any atom is 0.222 e. The molecule has 4 aromatic rings. The maximum atomic E-state index is 5.37. The molecule has 0 aliphatic heterocycles. The fourth-order valence-electron chi connectivity index (χ4n) is 2.54. The fraction of sp³-hybridized carbons (Fsp3) is 0.0625. The number of aromatic amines is 1. The van der Waals surface area contributed by atoms with E-state index in [9.17, 15) is 0 Å². The van der Waals surface area contributed by atoms with Gasteiger partial charge in [-0.15, -0.1) is 0 Å². The van der Waals surface area contributed by atoms with Crippen LogP contribution in [0.1, 0.15) is 0 Å². The smallest absolute Gasteiger partial charge is 0.222 e. The minimum Gasteiger partial charge on any atom is -0.481 e. The first kappa shape index (κ1) is 13.0. The zero-order valence-electron chi connectivity index (χ0n) is 11.8. The van der Waals surface area contributed by atoms with Gasteiger partial charge in [0.2, 0.25) is 5.88 Å². The number of fused-ring (bicyclic) bond motifs is 1. The van der Waals surface area contributed by atoms with Crippen LogP contribution in [0, 0.1) is 0 Å². The molecule has 0 bridgehead atoms. The second-order valence-corrected chi connectivity index (χ2v) is 5.51. The summed E-state index contributed by atoms with van der Waals surface area (Å²) >= 11 is 1.67. The van der Waals surface area contributed by atoms with Gasteiger partial charge in [-0.3, -0.25) is 5.10 Å². The van der Waals surface area contributed by atoms with E-state index in [1.54, 1.807) is 30.8 Å². The molecule has 0 aromatic carbocycles. The monoisotopic (exact) mass is 308 g/mol. The minimum atomic E-state index is 0.552. The van der Waals surface area contributed by atoms with Crippen LogP contribution in [-0.4, -0.2) is 27.3 Å². The first-order chi connectivity index (χ1) is 10.9. The van der Waals surface area contributed by atoms with Crippen LogP contribution in [0.25, 0.3) is 33.4 Å². The van der Waals surface area contributed by atoms with Crippen molar-refractivity contribution in [2.75, 3.05) is 7.11 Å². The highest BCUT2D eigenvalue weighted by molar-refractivity contribution is 7.08. The lowest BCUT2D eigenvalue weighted by Crippen LogP contribution is -1.91. The summed E-state index contributed by atoms with van der Waals surface area (Å²) in [6, 6.07) is 7.92. The van der Waals surface area contributed by atoms with E-state index in [2.05, 4.69) is 37.0 Å². The highest BCUT2D eigenvalue weighted by atomic mass is 32.1. The average molecular weight is 308 g/mol. The second kappa shape index (κ2) is 5.23. The Morgan fingerprint density at radius 1 is 1.09 bits per heavy atom. The topological polar surface area (TPSA) is 63.7 Å². The summed E-state index contributed by atoms with van der Waals surface area (Å²) in [6.07, 6.45) is 3.49. The number of aromatic nitrogens is 4. The number of hydrogen-bond acceptors (Lipinski definition) is 5. The predicted octanol–water partition coefficient (Wildman–Crippen LogP) is 3.76. The normalized spacial score (nSPS) is 11.0. The van der Waals surface area contributed by atoms with Crippen molar-refractivity contribution >= 4 is 22.4 Å². The average Bonchev–Trinajstić information content (AvgIpc) is 3.24. The van der Waals surface area contributed by atoms with Gasteiger partial charge >= 0.3 is 0 Å². The highest BCUT2D eigenvalue weighted by Crippen LogP contribution is 2.37. The Labute approximate surface area is 130 Å². The molecule has 4 heterocycles. The zero-order chi connectivity index (χ0) is 14.9. The Morgan fingerprint density at radius 3 is 2.86 bits per heavy atom. The number of rotatable bonds is 3. The lowest BCUT2D eigenvalue weighted by atomic mass is 10.0. The zero-order valence-corrected chi connectivity index (χ0v) is 12.6. The first-order valence-corrected chi connectivity index (χ1v) is 7.68. The van der Waals surface area contributed by atoms with E-state index >= 15 is 0 Å². The lowest BCUT2D eigenvalue weighted by Gasteiger charge is -2.06. The van der Waals surface area contributed by atoms with Crippen LogP contribution in [-0.2, 0) is 0 Å². The molecule has 0 radical (unpaired) electrons. The Morgan fingerprint density at radius 2 is 2.05 bits per heavy atom. The summed E-state index contributed by atoms with van der Waals surface area (Å²) in [7, 11) is 1.61. The minimum absolute atomic E-state index is 0.552. The third-order valence-corrected chi connectivity index (χ3v) is 4.20. The van der Waals surface area contributed by atoms with E-state index in [0.717, 1.165) is 33.4 Å². The summed E-state index contributed by atoms with van der Waals surface area (Å²) in [4.78, 5) is 8.64. The van der Waals surface area contributed by atoms with E-state index in [0.29, 0.717) is 5.88 Å². The van der Waals surface area contributed by atoms with Crippen molar-refractivity contribution in [1.29, 1.82) is 0 Å². The molecule has 22 heavy (non-hydrogen) atoms. The molecular formula is C16H12N4OS. The van der Waals surface area contributed by atoms with Crippen LogP contribution in [0.2, 0.25) is 0 Å². The van der Waals surface area contributed by atoms with Crippen LogP contribution in [0.15, 0.2) is 47.4 Å². The van der Waals surface area contributed by atoms with E-state index < -0.39 is 0 Å². The number of H-pyrrole nitrogens is 1. The van der Waals surface area contributed by atoms with Gasteiger partial charge < -0.3 is 4.74 Å². The van der Waals surface area contributed by atoms with Gasteiger partial charge in [0.25, 0.3) is 0 Å². The van der Waals surface area contributed by atoms with Gasteiger partial charge in [0.1, 0.15) is 5.69 Å². The Balaban J connectivity index is 2.04. The molecule has 0 amide bonds. The third-order valence-electron chi connectivity index (χ3n) is 3.51. The van der Waals surface area contributed by atoms with Crippen molar-refractivity contribution in [3.8, 4) is 28.3 Å². The van der Waals surface area contributed by atoms with E-state index in [4.69, 9.17) is 4.74 Å². The van der Waals surface area contributed by atoms with Gasteiger partial charge in [-0.25, -0.2) is 9.97 Å². The molecule has 0 unspecified atom stereocenters. The van der Waals surface area contributed by atoms with E-state index in [-0.39, 0.29) is 0 Å². The Hall–Kier alpha value is -2.73. The van der Waals surface area contributed by atoms with Crippen molar-refractivity contribution in [3.63, 3.8) is 0 Å². The lowest BCUT2D eigenvalue weighted by molar-refractivity contribution is 0.399. The van der Waals surface area contributed by atoms with Crippen molar-refractivity contribution < 1.29 is 4.74 Å². The molecule has 0 spiro atoms. The summed E-state index contributed by atoms with van der Waals surface area (Å²) in [5, 5.41) is 12.6. The van der Waals surface area contributed by atoms with E-state index in [1.807, 2.05) is 18.2 Å². The van der Waals surface area contributed by atoms with Crippen LogP contribution in [0.5, 0.6) is 5.88 Å². The number of pyridine rings is 2. The molecular weight excluding hydrogens is 296 g/mol. The van der Waals surface area contributed by atoms with Gasteiger partial charge in [-0.1, -0.05) is 0 Å². The van der Waals surface area contributed by atoms with Gasteiger partial charge in [0, 0.05) is 12.4 Å². The van der Waals surface area contributed by atoms with Crippen molar-refractivity contribution in [3.05, 3.63) is 47.4 Å². The van der Waals surface area contributed by atoms with Crippen LogP contribution in [0.3, 0.4) is 0 Å². The van der Waals surface area contributed by atoms with Crippen molar-refractivity contribution in [2.45, 2.75) is 0 Å². The van der Waals surface area contributed by atoms with E-state index in [1.165, 1.54) is 0 Å². The van der Waals surface area contributed by atoms with Crippen molar-refractivity contribution in [2.24, 2.45) is 0 Å². The maximum absolute atomic E-state index is 5.37. The molecule has 5 nitrogen and oxygen atoms in total. The molecule has 4 rings (SSSR count). The van der Waals surface area contributed by atoms with Gasteiger partial charge in [-0.2, -0.15) is 16.4 Å².